The first-order chi connectivity index (χ1) is 13.3. The first-order valence-electron chi connectivity index (χ1n) is 9.72. The summed E-state index contributed by atoms with van der Waals surface area (Å²) in [6.07, 6.45) is 4.94. The first-order valence-corrected chi connectivity index (χ1v) is 10.5. The number of hydrogen-bond donors (Lipinski definition) is 2. The Morgan fingerprint density at radius 1 is 1.21 bits per heavy atom. The van der Waals surface area contributed by atoms with E-state index in [1.807, 2.05) is 6.92 Å². The maximum absolute atomic E-state index is 13.6. The second kappa shape index (κ2) is 6.07. The number of rotatable bonds is 3. The average Bonchev–Trinajstić information content (AvgIpc) is 2.95. The molecule has 4 bridgehead atoms. The molecule has 2 aromatic rings. The zero-order chi connectivity index (χ0) is 19.7. The molecule has 0 saturated heterocycles. The minimum absolute atomic E-state index is 0.0642. The van der Waals surface area contributed by atoms with Gasteiger partial charge in [0.15, 0.2) is 16.8 Å². The Morgan fingerprint density at radius 2 is 1.93 bits per heavy atom. The van der Waals surface area contributed by atoms with Gasteiger partial charge in [-0.2, -0.15) is 0 Å². The van der Waals surface area contributed by atoms with Crippen molar-refractivity contribution in [3.05, 3.63) is 34.7 Å². The fourth-order valence-electron chi connectivity index (χ4n) is 6.07. The van der Waals surface area contributed by atoms with Crippen molar-refractivity contribution in [1.82, 2.24) is 4.98 Å². The summed E-state index contributed by atoms with van der Waals surface area (Å²) in [5.74, 6) is -1.03. The van der Waals surface area contributed by atoms with E-state index in [4.69, 9.17) is 0 Å². The third-order valence-electron chi connectivity index (χ3n) is 6.72. The van der Waals surface area contributed by atoms with Crippen molar-refractivity contribution in [3.8, 4) is 11.3 Å². The van der Waals surface area contributed by atoms with Crippen molar-refractivity contribution in [2.75, 3.05) is 5.32 Å². The zero-order valence-corrected chi connectivity index (χ0v) is 16.4. The van der Waals surface area contributed by atoms with Crippen LogP contribution in [0, 0.1) is 35.8 Å². The van der Waals surface area contributed by atoms with Crippen LogP contribution in [0.2, 0.25) is 0 Å². The Balaban J connectivity index is 1.40. The molecule has 2 unspecified atom stereocenters. The molecular formula is C21H22F2N2O2S. The Morgan fingerprint density at radius 3 is 2.57 bits per heavy atom. The van der Waals surface area contributed by atoms with E-state index in [0.29, 0.717) is 34.6 Å². The van der Waals surface area contributed by atoms with Crippen LogP contribution in [-0.4, -0.2) is 21.6 Å². The molecule has 2 N–H and O–H groups in total. The van der Waals surface area contributed by atoms with Crippen LogP contribution < -0.4 is 5.32 Å². The predicted octanol–water partition coefficient (Wildman–Crippen LogP) is 4.67. The average molecular weight is 404 g/mol. The van der Waals surface area contributed by atoms with E-state index < -0.39 is 22.7 Å². The van der Waals surface area contributed by atoms with E-state index in [0.717, 1.165) is 49.1 Å². The summed E-state index contributed by atoms with van der Waals surface area (Å²) < 4.78 is 26.8. The van der Waals surface area contributed by atoms with Gasteiger partial charge in [-0.15, -0.1) is 11.3 Å². The highest BCUT2D eigenvalue weighted by atomic mass is 32.1. The van der Waals surface area contributed by atoms with Crippen molar-refractivity contribution in [2.24, 2.45) is 17.3 Å². The molecule has 4 atom stereocenters. The maximum Gasteiger partial charge on any atom is 0.232 e. The number of amides is 1. The van der Waals surface area contributed by atoms with Crippen LogP contribution in [0.3, 0.4) is 0 Å². The molecule has 6 rings (SSSR count). The van der Waals surface area contributed by atoms with Gasteiger partial charge in [0, 0.05) is 10.4 Å². The van der Waals surface area contributed by atoms with Gasteiger partial charge >= 0.3 is 0 Å². The molecule has 28 heavy (non-hydrogen) atoms. The molecular weight excluding hydrogens is 382 g/mol. The largest absolute Gasteiger partial charge is 0.390 e. The second-order valence-electron chi connectivity index (χ2n) is 8.97. The van der Waals surface area contributed by atoms with Crippen molar-refractivity contribution in [1.29, 1.82) is 0 Å². The van der Waals surface area contributed by atoms with Gasteiger partial charge in [-0.05, 0) is 75.5 Å². The molecule has 4 fully saturated rings. The third-order valence-corrected chi connectivity index (χ3v) is 7.61. The van der Waals surface area contributed by atoms with Crippen molar-refractivity contribution >= 4 is 22.4 Å². The van der Waals surface area contributed by atoms with Gasteiger partial charge in [-0.25, -0.2) is 13.8 Å². The van der Waals surface area contributed by atoms with Crippen LogP contribution in [-0.2, 0) is 4.79 Å². The lowest BCUT2D eigenvalue weighted by molar-refractivity contribution is -0.174. The summed E-state index contributed by atoms with van der Waals surface area (Å²) in [4.78, 5) is 18.5. The molecule has 4 nitrogen and oxygen atoms in total. The number of nitrogens with zero attached hydrogens (tertiary/aromatic N) is 1. The van der Waals surface area contributed by atoms with Gasteiger partial charge in [-0.3, -0.25) is 4.79 Å². The van der Waals surface area contributed by atoms with Gasteiger partial charge in [0.1, 0.15) is 0 Å². The molecule has 0 aliphatic heterocycles. The summed E-state index contributed by atoms with van der Waals surface area (Å²) in [6.45, 7) is 1.84. The lowest BCUT2D eigenvalue weighted by atomic mass is 9.47. The van der Waals surface area contributed by atoms with Crippen molar-refractivity contribution in [2.45, 2.75) is 51.0 Å². The number of hydrogen-bond acceptors (Lipinski definition) is 4. The predicted molar refractivity (Wildman–Crippen MR) is 103 cm³/mol. The number of thiazole rings is 1. The number of aliphatic hydroxyl groups is 1. The lowest BCUT2D eigenvalue weighted by Gasteiger charge is -2.59. The maximum atomic E-state index is 13.6. The van der Waals surface area contributed by atoms with Crippen LogP contribution in [0.25, 0.3) is 11.3 Å². The quantitative estimate of drug-likeness (QED) is 0.782. The van der Waals surface area contributed by atoms with Crippen LogP contribution in [0.1, 0.15) is 43.4 Å². The number of carbonyl (C=O) groups is 1. The number of anilines is 1. The Labute approximate surface area is 166 Å². The Kier molecular flexibility index (Phi) is 3.94. The fraction of sp³-hybridized carbons (Fsp3) is 0.524. The summed E-state index contributed by atoms with van der Waals surface area (Å²) >= 11 is 1.33. The first kappa shape index (κ1) is 18.2. The number of aryl methyl sites for hydroxylation is 1. The smallest absolute Gasteiger partial charge is 0.232 e. The van der Waals surface area contributed by atoms with Crippen LogP contribution in [0.15, 0.2) is 18.2 Å². The molecule has 1 heterocycles. The highest BCUT2D eigenvalue weighted by Crippen LogP contribution is 2.61. The molecule has 0 spiro atoms. The van der Waals surface area contributed by atoms with E-state index in [1.165, 1.54) is 17.4 Å². The molecule has 1 aromatic carbocycles. The third kappa shape index (κ3) is 2.87. The number of halogens is 2. The van der Waals surface area contributed by atoms with E-state index >= 15 is 0 Å². The summed E-state index contributed by atoms with van der Waals surface area (Å²) in [7, 11) is 0. The molecule has 1 aromatic heterocycles. The molecule has 148 valence electrons. The molecule has 4 aliphatic rings. The number of aromatic nitrogens is 1. The Bertz CT molecular complexity index is 959. The monoisotopic (exact) mass is 404 g/mol. The highest BCUT2D eigenvalue weighted by molar-refractivity contribution is 7.16. The molecule has 4 aliphatic carbocycles. The summed E-state index contributed by atoms with van der Waals surface area (Å²) in [6, 6.07) is 3.69. The topological polar surface area (TPSA) is 62.2 Å². The molecule has 1 amide bonds. The molecule has 0 radical (unpaired) electrons. The highest BCUT2D eigenvalue weighted by Gasteiger charge is 2.60. The van der Waals surface area contributed by atoms with E-state index in [2.05, 4.69) is 10.3 Å². The van der Waals surface area contributed by atoms with Gasteiger partial charge in [0.25, 0.3) is 0 Å². The summed E-state index contributed by atoms with van der Waals surface area (Å²) in [5.41, 5.74) is -0.182. The standard InChI is InChI=1S/C21H22F2N2O2S/c1-11-17(14-2-3-15(22)16(23)5-14)24-19(28-11)25-18(26)20-6-12-4-13(7-20)9-21(27,8-12)10-20/h2-3,5,12-13,27H,4,6-10H2,1H3,(H,24,25,26)/t12-,13+,20?,21?. The SMILES string of the molecule is Cc1sc(NC(=O)C23C[C@@H]4C[C@@H](CC(O)(C4)C2)C3)nc1-c1ccc(F)c(F)c1. The lowest BCUT2D eigenvalue weighted by Crippen LogP contribution is -2.59. The van der Waals surface area contributed by atoms with Crippen LogP contribution in [0.4, 0.5) is 13.9 Å². The Hall–Kier alpha value is -1.86. The number of carbonyl (C=O) groups excluding carboxylic acids is 1. The van der Waals surface area contributed by atoms with Gasteiger partial charge in [0.2, 0.25) is 5.91 Å². The minimum Gasteiger partial charge on any atom is -0.390 e. The van der Waals surface area contributed by atoms with E-state index in [9.17, 15) is 18.7 Å². The summed E-state index contributed by atoms with van der Waals surface area (Å²) in [5, 5.41) is 14.3. The van der Waals surface area contributed by atoms with Crippen molar-refractivity contribution < 1.29 is 18.7 Å². The van der Waals surface area contributed by atoms with Crippen molar-refractivity contribution in [3.63, 3.8) is 0 Å². The number of nitrogens with one attached hydrogen (secondary N) is 1. The van der Waals surface area contributed by atoms with E-state index in [1.54, 1.807) is 0 Å². The van der Waals surface area contributed by atoms with Crippen LogP contribution >= 0.6 is 11.3 Å². The fourth-order valence-corrected chi connectivity index (χ4v) is 6.90. The number of benzene rings is 1. The molecule has 7 heteroatoms. The molecule has 4 saturated carbocycles. The second-order valence-corrected chi connectivity index (χ2v) is 10.2. The van der Waals surface area contributed by atoms with Gasteiger partial charge in [-0.1, -0.05) is 0 Å². The minimum atomic E-state index is -0.919. The zero-order valence-electron chi connectivity index (χ0n) is 15.6. The van der Waals surface area contributed by atoms with Crippen LogP contribution in [0.5, 0.6) is 0 Å². The van der Waals surface area contributed by atoms with Gasteiger partial charge < -0.3 is 10.4 Å². The van der Waals surface area contributed by atoms with E-state index in [-0.39, 0.29) is 5.91 Å². The normalized spacial score (nSPS) is 33.3. The van der Waals surface area contributed by atoms with Gasteiger partial charge in [0.05, 0.1) is 16.7 Å².